The SMILES string of the molecule is O=C([O-])[C@H](O)c1ccccc1.[NH3+][C@@H]1C[C@@H]1c1ccc(F)c(F)c1. The van der Waals surface area contributed by atoms with Crippen molar-refractivity contribution < 1.29 is 29.5 Å². The summed E-state index contributed by atoms with van der Waals surface area (Å²) < 4.78 is 25.2. The number of halogens is 2. The lowest BCUT2D eigenvalue weighted by atomic mass is 10.1. The second-order valence-electron chi connectivity index (χ2n) is 5.41. The molecule has 122 valence electrons. The van der Waals surface area contributed by atoms with Crippen LogP contribution in [-0.4, -0.2) is 17.1 Å². The molecule has 0 aliphatic heterocycles. The third-order valence-electron chi connectivity index (χ3n) is 3.63. The minimum atomic E-state index is -1.52. The summed E-state index contributed by atoms with van der Waals surface area (Å²) in [6.45, 7) is 0. The second kappa shape index (κ2) is 7.30. The monoisotopic (exact) mass is 321 g/mol. The van der Waals surface area contributed by atoms with Crippen molar-refractivity contribution in [2.75, 3.05) is 0 Å². The molecule has 3 atom stereocenters. The number of benzene rings is 2. The molecule has 6 heteroatoms. The number of carboxylic acid groups (broad SMARTS) is 1. The van der Waals surface area contributed by atoms with Gasteiger partial charge in [0.1, 0.15) is 6.10 Å². The lowest BCUT2D eigenvalue weighted by Gasteiger charge is -2.10. The van der Waals surface area contributed by atoms with Gasteiger partial charge in [-0.05, 0) is 23.3 Å². The van der Waals surface area contributed by atoms with Crippen LogP contribution in [-0.2, 0) is 4.79 Å². The summed E-state index contributed by atoms with van der Waals surface area (Å²) in [5, 5.41) is 19.1. The number of carboxylic acids is 1. The van der Waals surface area contributed by atoms with E-state index in [0.717, 1.165) is 12.0 Å². The van der Waals surface area contributed by atoms with Crippen LogP contribution in [0.3, 0.4) is 0 Å². The third-order valence-corrected chi connectivity index (χ3v) is 3.63. The molecule has 0 spiro atoms. The van der Waals surface area contributed by atoms with E-state index in [-0.39, 0.29) is 0 Å². The number of hydrogen-bond acceptors (Lipinski definition) is 3. The molecule has 0 aromatic heterocycles. The maximum absolute atomic E-state index is 12.7. The minimum absolute atomic E-state index is 0.340. The molecule has 2 aromatic rings. The smallest absolute Gasteiger partial charge is 0.159 e. The molecule has 0 heterocycles. The van der Waals surface area contributed by atoms with Crippen molar-refractivity contribution in [1.82, 2.24) is 0 Å². The Morgan fingerprint density at radius 2 is 1.78 bits per heavy atom. The molecule has 0 saturated heterocycles. The highest BCUT2D eigenvalue weighted by Gasteiger charge is 2.39. The molecule has 1 fully saturated rings. The van der Waals surface area contributed by atoms with Crippen molar-refractivity contribution in [3.8, 4) is 0 Å². The molecule has 3 rings (SSSR count). The van der Waals surface area contributed by atoms with Crippen molar-refractivity contribution in [3.05, 3.63) is 71.3 Å². The van der Waals surface area contributed by atoms with Crippen LogP contribution in [0.4, 0.5) is 8.78 Å². The van der Waals surface area contributed by atoms with E-state index in [2.05, 4.69) is 5.73 Å². The van der Waals surface area contributed by atoms with Gasteiger partial charge >= 0.3 is 0 Å². The van der Waals surface area contributed by atoms with Crippen LogP contribution in [0.15, 0.2) is 48.5 Å². The Balaban J connectivity index is 0.000000168. The van der Waals surface area contributed by atoms with Crippen LogP contribution >= 0.6 is 0 Å². The molecule has 4 nitrogen and oxygen atoms in total. The molecule has 2 aromatic carbocycles. The summed E-state index contributed by atoms with van der Waals surface area (Å²) in [4.78, 5) is 10.1. The topological polar surface area (TPSA) is 88.0 Å². The van der Waals surface area contributed by atoms with Crippen LogP contribution < -0.4 is 10.8 Å². The number of hydrogen-bond donors (Lipinski definition) is 2. The highest BCUT2D eigenvalue weighted by molar-refractivity contribution is 5.71. The average Bonchev–Trinajstić information content (AvgIpc) is 3.27. The van der Waals surface area contributed by atoms with Gasteiger partial charge in [0.15, 0.2) is 11.6 Å². The predicted molar refractivity (Wildman–Crippen MR) is 76.8 cm³/mol. The molecule has 0 unspecified atom stereocenters. The van der Waals surface area contributed by atoms with Crippen LogP contribution in [0, 0.1) is 11.6 Å². The van der Waals surface area contributed by atoms with Crippen molar-refractivity contribution in [2.24, 2.45) is 0 Å². The Kier molecular flexibility index (Phi) is 5.41. The number of aliphatic carboxylic acids is 1. The summed E-state index contributed by atoms with van der Waals surface area (Å²) in [6, 6.07) is 12.6. The van der Waals surface area contributed by atoms with E-state index in [0.29, 0.717) is 17.5 Å². The Labute approximate surface area is 132 Å². The Hall–Kier alpha value is -2.31. The van der Waals surface area contributed by atoms with E-state index in [1.807, 2.05) is 0 Å². The molecule has 0 bridgehead atoms. The molecule has 1 saturated carbocycles. The van der Waals surface area contributed by atoms with Gasteiger partial charge in [-0.3, -0.25) is 0 Å². The van der Waals surface area contributed by atoms with Gasteiger partial charge in [-0.2, -0.15) is 0 Å². The van der Waals surface area contributed by atoms with Crippen LogP contribution in [0.1, 0.15) is 29.6 Å². The van der Waals surface area contributed by atoms with Crippen LogP contribution in [0.5, 0.6) is 0 Å². The van der Waals surface area contributed by atoms with Crippen LogP contribution in [0.2, 0.25) is 0 Å². The van der Waals surface area contributed by atoms with E-state index in [4.69, 9.17) is 5.11 Å². The maximum atomic E-state index is 12.7. The summed E-state index contributed by atoms with van der Waals surface area (Å²) in [6.07, 6.45) is -0.526. The van der Waals surface area contributed by atoms with Crippen molar-refractivity contribution >= 4 is 5.97 Å². The first kappa shape index (κ1) is 17.1. The number of aliphatic hydroxyl groups excluding tert-OH is 1. The van der Waals surface area contributed by atoms with Crippen molar-refractivity contribution in [2.45, 2.75) is 24.5 Å². The fourth-order valence-electron chi connectivity index (χ4n) is 2.17. The standard InChI is InChI=1S/C9H9F2N.C8H8O3/c10-7-2-1-5(3-8(7)11)6-4-9(6)12;9-7(8(10)11)6-4-2-1-3-5-6/h1-3,6,9H,4,12H2;1-5,7,9H,(H,10,11)/t6-,9-;7-/m11/s1. The van der Waals surface area contributed by atoms with Crippen molar-refractivity contribution in [1.29, 1.82) is 0 Å². The van der Waals surface area contributed by atoms with Crippen LogP contribution in [0.25, 0.3) is 0 Å². The molecule has 0 amide bonds. The van der Waals surface area contributed by atoms with E-state index >= 15 is 0 Å². The second-order valence-corrected chi connectivity index (χ2v) is 5.41. The van der Waals surface area contributed by atoms with Gasteiger partial charge in [0, 0.05) is 12.3 Å². The van der Waals surface area contributed by atoms with Gasteiger partial charge in [0.25, 0.3) is 0 Å². The van der Waals surface area contributed by atoms with E-state index in [1.165, 1.54) is 24.3 Å². The van der Waals surface area contributed by atoms with Gasteiger partial charge in [0.05, 0.1) is 12.0 Å². The number of aliphatic hydroxyl groups is 1. The first-order chi connectivity index (χ1) is 10.9. The van der Waals surface area contributed by atoms with E-state index in [1.54, 1.807) is 24.3 Å². The lowest BCUT2D eigenvalue weighted by Crippen LogP contribution is -2.53. The zero-order valence-electron chi connectivity index (χ0n) is 12.3. The Bertz CT molecular complexity index is 679. The fourth-order valence-corrected chi connectivity index (χ4v) is 2.17. The molecular formula is C17H17F2NO3. The van der Waals surface area contributed by atoms with Gasteiger partial charge in [-0.25, -0.2) is 8.78 Å². The lowest BCUT2D eigenvalue weighted by molar-refractivity contribution is -0.386. The first-order valence-electron chi connectivity index (χ1n) is 7.12. The predicted octanol–water partition coefficient (Wildman–Crippen LogP) is 0.532. The molecule has 1 aliphatic rings. The minimum Gasteiger partial charge on any atom is -0.547 e. The fraction of sp³-hybridized carbons (Fsp3) is 0.235. The van der Waals surface area contributed by atoms with Gasteiger partial charge in [-0.15, -0.1) is 0 Å². The quantitative estimate of drug-likeness (QED) is 0.864. The Morgan fingerprint density at radius 3 is 2.26 bits per heavy atom. The zero-order valence-corrected chi connectivity index (χ0v) is 12.3. The largest absolute Gasteiger partial charge is 0.547 e. The summed E-state index contributed by atoms with van der Waals surface area (Å²) in [5.41, 5.74) is 5.05. The van der Waals surface area contributed by atoms with Crippen molar-refractivity contribution in [3.63, 3.8) is 0 Å². The molecule has 0 radical (unpaired) electrons. The molecule has 4 N–H and O–H groups in total. The van der Waals surface area contributed by atoms with E-state index < -0.39 is 23.7 Å². The highest BCUT2D eigenvalue weighted by atomic mass is 19.2. The maximum Gasteiger partial charge on any atom is 0.159 e. The van der Waals surface area contributed by atoms with E-state index in [9.17, 15) is 18.7 Å². The summed E-state index contributed by atoms with van der Waals surface area (Å²) >= 11 is 0. The number of quaternary nitrogens is 1. The van der Waals surface area contributed by atoms with Gasteiger partial charge < -0.3 is 20.7 Å². The number of carbonyl (C=O) groups excluding carboxylic acids is 1. The number of rotatable bonds is 3. The summed E-state index contributed by atoms with van der Waals surface area (Å²) in [5.74, 6) is -2.66. The average molecular weight is 321 g/mol. The molecule has 1 aliphatic carbocycles. The Morgan fingerprint density at radius 1 is 1.17 bits per heavy atom. The normalized spacial score (nSPS) is 20.2. The molecular weight excluding hydrogens is 304 g/mol. The highest BCUT2D eigenvalue weighted by Crippen LogP contribution is 2.37. The third kappa shape index (κ3) is 4.58. The number of carbonyl (C=O) groups is 1. The van der Waals surface area contributed by atoms with Gasteiger partial charge in [0.2, 0.25) is 0 Å². The molecule has 23 heavy (non-hydrogen) atoms. The first-order valence-corrected chi connectivity index (χ1v) is 7.12. The zero-order chi connectivity index (χ0) is 17.0. The van der Waals surface area contributed by atoms with Gasteiger partial charge in [-0.1, -0.05) is 36.4 Å². The summed E-state index contributed by atoms with van der Waals surface area (Å²) in [7, 11) is 0.